The lowest BCUT2D eigenvalue weighted by Crippen LogP contribution is -2.40. The molecule has 0 radical (unpaired) electrons. The van der Waals surface area contributed by atoms with Gasteiger partial charge in [0.1, 0.15) is 0 Å². The van der Waals surface area contributed by atoms with Crippen LogP contribution in [0.4, 0.5) is 0 Å². The Morgan fingerprint density at radius 1 is 1.64 bits per heavy atom. The standard InChI is InChI=1S/C10H15ClO2S/c1-7(13-3)10(2,12)6-8-4-5-9(11)14-8/h4-5,7,12H,6H2,1-3H3. The van der Waals surface area contributed by atoms with Gasteiger partial charge in [-0.25, -0.2) is 0 Å². The van der Waals surface area contributed by atoms with Crippen LogP contribution >= 0.6 is 22.9 Å². The van der Waals surface area contributed by atoms with Crippen molar-refractivity contribution in [1.82, 2.24) is 0 Å². The van der Waals surface area contributed by atoms with E-state index >= 15 is 0 Å². The minimum atomic E-state index is -0.844. The number of hydrogen-bond acceptors (Lipinski definition) is 3. The first-order chi connectivity index (χ1) is 6.45. The molecule has 14 heavy (non-hydrogen) atoms. The number of thiophene rings is 1. The van der Waals surface area contributed by atoms with E-state index in [2.05, 4.69) is 0 Å². The third-order valence-corrected chi connectivity index (χ3v) is 3.62. The maximum absolute atomic E-state index is 10.1. The first-order valence-corrected chi connectivity index (χ1v) is 5.64. The molecular weight excluding hydrogens is 220 g/mol. The Morgan fingerprint density at radius 3 is 2.71 bits per heavy atom. The predicted molar refractivity (Wildman–Crippen MR) is 60.1 cm³/mol. The molecule has 4 heteroatoms. The zero-order chi connectivity index (χ0) is 10.8. The minimum absolute atomic E-state index is 0.191. The van der Waals surface area contributed by atoms with E-state index in [1.807, 2.05) is 19.1 Å². The summed E-state index contributed by atoms with van der Waals surface area (Å²) >= 11 is 7.30. The van der Waals surface area contributed by atoms with Gasteiger partial charge in [-0.3, -0.25) is 0 Å². The van der Waals surface area contributed by atoms with Crippen molar-refractivity contribution in [3.05, 3.63) is 21.3 Å². The molecule has 0 saturated heterocycles. The number of halogens is 1. The van der Waals surface area contributed by atoms with Gasteiger partial charge in [0.05, 0.1) is 16.0 Å². The number of rotatable bonds is 4. The molecular formula is C10H15ClO2S. The van der Waals surface area contributed by atoms with Crippen molar-refractivity contribution in [2.45, 2.75) is 32.0 Å². The molecule has 80 valence electrons. The van der Waals surface area contributed by atoms with Crippen LogP contribution < -0.4 is 0 Å². The normalized spacial score (nSPS) is 17.8. The van der Waals surface area contributed by atoms with Crippen molar-refractivity contribution >= 4 is 22.9 Å². The second-order valence-corrected chi connectivity index (χ2v) is 5.42. The van der Waals surface area contributed by atoms with Crippen LogP contribution in [0.25, 0.3) is 0 Å². The summed E-state index contributed by atoms with van der Waals surface area (Å²) in [6.45, 7) is 3.63. The minimum Gasteiger partial charge on any atom is -0.387 e. The summed E-state index contributed by atoms with van der Waals surface area (Å²) in [5, 5.41) is 10.1. The van der Waals surface area contributed by atoms with Crippen LogP contribution in [0.5, 0.6) is 0 Å². The molecule has 1 heterocycles. The van der Waals surface area contributed by atoms with Gasteiger partial charge in [-0.1, -0.05) is 11.6 Å². The first kappa shape index (κ1) is 12.0. The van der Waals surface area contributed by atoms with Crippen LogP contribution in [-0.4, -0.2) is 23.9 Å². The van der Waals surface area contributed by atoms with E-state index in [-0.39, 0.29) is 6.10 Å². The molecule has 0 aliphatic carbocycles. The second kappa shape index (κ2) is 4.62. The van der Waals surface area contributed by atoms with Gasteiger partial charge in [0, 0.05) is 18.4 Å². The third-order valence-electron chi connectivity index (χ3n) is 2.39. The van der Waals surface area contributed by atoms with E-state index in [1.165, 1.54) is 11.3 Å². The maximum atomic E-state index is 10.1. The van der Waals surface area contributed by atoms with E-state index < -0.39 is 5.60 Å². The zero-order valence-corrected chi connectivity index (χ0v) is 10.2. The van der Waals surface area contributed by atoms with Crippen molar-refractivity contribution in [2.24, 2.45) is 0 Å². The van der Waals surface area contributed by atoms with Crippen molar-refractivity contribution in [2.75, 3.05) is 7.11 Å². The molecule has 1 N–H and O–H groups in total. The highest BCUT2D eigenvalue weighted by atomic mass is 35.5. The van der Waals surface area contributed by atoms with Gasteiger partial charge in [0.25, 0.3) is 0 Å². The van der Waals surface area contributed by atoms with Gasteiger partial charge in [-0.2, -0.15) is 0 Å². The Kier molecular flexibility index (Phi) is 3.95. The SMILES string of the molecule is COC(C)C(C)(O)Cc1ccc(Cl)s1. The van der Waals surface area contributed by atoms with Gasteiger partial charge in [-0.05, 0) is 26.0 Å². The third kappa shape index (κ3) is 2.95. The fourth-order valence-electron chi connectivity index (χ4n) is 1.20. The molecule has 1 aromatic heterocycles. The first-order valence-electron chi connectivity index (χ1n) is 4.45. The van der Waals surface area contributed by atoms with Gasteiger partial charge in [-0.15, -0.1) is 11.3 Å². The smallest absolute Gasteiger partial charge is 0.0931 e. The molecule has 0 fully saturated rings. The van der Waals surface area contributed by atoms with Gasteiger partial charge >= 0.3 is 0 Å². The Labute approximate surface area is 93.5 Å². The van der Waals surface area contributed by atoms with E-state index in [4.69, 9.17) is 16.3 Å². The Balaban J connectivity index is 2.67. The lowest BCUT2D eigenvalue weighted by molar-refractivity contribution is -0.0711. The van der Waals surface area contributed by atoms with Crippen molar-refractivity contribution < 1.29 is 9.84 Å². The maximum Gasteiger partial charge on any atom is 0.0931 e. The summed E-state index contributed by atoms with van der Waals surface area (Å²) < 4.78 is 5.87. The Morgan fingerprint density at radius 2 is 2.29 bits per heavy atom. The highest BCUT2D eigenvalue weighted by Gasteiger charge is 2.29. The largest absolute Gasteiger partial charge is 0.387 e. The molecule has 2 atom stereocenters. The molecule has 0 aliphatic heterocycles. The van der Waals surface area contributed by atoms with Crippen molar-refractivity contribution in [3.63, 3.8) is 0 Å². The molecule has 2 nitrogen and oxygen atoms in total. The monoisotopic (exact) mass is 234 g/mol. The van der Waals surface area contributed by atoms with Gasteiger partial charge in [0.2, 0.25) is 0 Å². The van der Waals surface area contributed by atoms with Crippen molar-refractivity contribution in [1.29, 1.82) is 0 Å². The van der Waals surface area contributed by atoms with Crippen LogP contribution in [0.15, 0.2) is 12.1 Å². The van der Waals surface area contributed by atoms with Crippen molar-refractivity contribution in [3.8, 4) is 0 Å². The zero-order valence-electron chi connectivity index (χ0n) is 8.58. The molecule has 0 saturated carbocycles. The van der Waals surface area contributed by atoms with E-state index in [1.54, 1.807) is 14.0 Å². The fraction of sp³-hybridized carbons (Fsp3) is 0.600. The van der Waals surface area contributed by atoms with Crippen LogP contribution in [0.2, 0.25) is 4.34 Å². The molecule has 1 aromatic rings. The Hall–Kier alpha value is -0.0900. The molecule has 2 unspecified atom stereocenters. The lowest BCUT2D eigenvalue weighted by atomic mass is 9.95. The van der Waals surface area contributed by atoms with E-state index in [0.717, 1.165) is 9.21 Å². The molecule has 0 spiro atoms. The number of ether oxygens (including phenoxy) is 1. The average Bonchev–Trinajstić information content (AvgIpc) is 2.48. The summed E-state index contributed by atoms with van der Waals surface area (Å²) in [4.78, 5) is 1.07. The van der Waals surface area contributed by atoms with Crippen LogP contribution in [-0.2, 0) is 11.2 Å². The van der Waals surface area contributed by atoms with Crippen LogP contribution in [0.3, 0.4) is 0 Å². The summed E-state index contributed by atoms with van der Waals surface area (Å²) in [5.74, 6) is 0. The average molecular weight is 235 g/mol. The number of hydrogen-bond donors (Lipinski definition) is 1. The summed E-state index contributed by atoms with van der Waals surface area (Å²) in [5.41, 5.74) is -0.844. The quantitative estimate of drug-likeness (QED) is 0.868. The summed E-state index contributed by atoms with van der Waals surface area (Å²) in [7, 11) is 1.60. The van der Waals surface area contributed by atoms with E-state index in [0.29, 0.717) is 6.42 Å². The van der Waals surface area contributed by atoms with Crippen LogP contribution in [0, 0.1) is 0 Å². The number of aliphatic hydroxyl groups is 1. The molecule has 0 aliphatic rings. The van der Waals surface area contributed by atoms with Crippen LogP contribution in [0.1, 0.15) is 18.7 Å². The molecule has 0 aromatic carbocycles. The highest BCUT2D eigenvalue weighted by Crippen LogP contribution is 2.27. The summed E-state index contributed by atoms with van der Waals surface area (Å²) in [6, 6.07) is 3.78. The molecule has 0 bridgehead atoms. The molecule has 1 rings (SSSR count). The summed E-state index contributed by atoms with van der Waals surface area (Å²) in [6.07, 6.45) is 0.378. The topological polar surface area (TPSA) is 29.5 Å². The number of methoxy groups -OCH3 is 1. The predicted octanol–water partition coefficient (Wildman–Crippen LogP) is 2.73. The Bertz CT molecular complexity index is 296. The van der Waals surface area contributed by atoms with Gasteiger partial charge < -0.3 is 9.84 Å². The van der Waals surface area contributed by atoms with E-state index in [9.17, 15) is 5.11 Å². The fourth-order valence-corrected chi connectivity index (χ4v) is 2.44. The lowest BCUT2D eigenvalue weighted by Gasteiger charge is -2.28. The van der Waals surface area contributed by atoms with Gasteiger partial charge in [0.15, 0.2) is 0 Å². The second-order valence-electron chi connectivity index (χ2n) is 3.62. The molecule has 0 amide bonds. The highest BCUT2D eigenvalue weighted by molar-refractivity contribution is 7.16.